The van der Waals surface area contributed by atoms with Crippen molar-refractivity contribution < 1.29 is 85.9 Å². The Hall–Kier alpha value is -13.1. The fourth-order valence-electron chi connectivity index (χ4n) is 17.4. The van der Waals surface area contributed by atoms with Crippen LogP contribution in [0.4, 0.5) is 22.7 Å². The SMILES string of the molecule is CCOc1ccc(OCC)c(CC(=O)C(Cc2ccccc2)NS(=O)(=O)c2ccc3c(c2)CCC(=O)C3)c1.CN(Cc1ccco1)C(=O)C(Cc1ccccc1)NS(=O)(=O)c1ccc2c(c1)CCC(=O)N2.Cc1ccc(NC(=O)C2CCCN2S(=O)(=O)c2ccc3c(c2)CCC(=O)N3)cc1C.O=C1CCc2cc(S(=O)(=O)NC(Cc3ccccc3)C(=O)NC3CCCc4ccccc43)ccc2N1. The molecule has 11 aromatic rings. The van der Waals surface area contributed by atoms with E-state index in [0.29, 0.717) is 136 Å². The highest BCUT2D eigenvalue weighted by Crippen LogP contribution is 2.36. The number of carbonyl (C=O) groups excluding carboxylic acids is 8. The van der Waals surface area contributed by atoms with Crippen LogP contribution in [0.5, 0.6) is 11.5 Å². The van der Waals surface area contributed by atoms with Crippen molar-refractivity contribution in [1.29, 1.82) is 0 Å². The van der Waals surface area contributed by atoms with Gasteiger partial charge in [-0.2, -0.15) is 13.7 Å². The average Bonchev–Trinajstić information content (AvgIpc) is 1.50. The Bertz CT molecular complexity index is 6770. The molecule has 137 heavy (non-hydrogen) atoms. The number of likely N-dealkylation sites (N-methyl/N-ethyl adjacent to an activating group) is 1. The van der Waals surface area contributed by atoms with Crippen molar-refractivity contribution in [3.63, 3.8) is 0 Å². The molecule has 1 aromatic heterocycles. The minimum absolute atomic E-state index is 0.0252. The first-order valence-corrected chi connectivity index (χ1v) is 51.7. The van der Waals surface area contributed by atoms with Gasteiger partial charge in [-0.15, -0.1) is 0 Å². The molecule has 6 amide bonds. The van der Waals surface area contributed by atoms with Crippen molar-refractivity contribution in [2.24, 2.45) is 0 Å². The average molecular weight is 1930 g/mol. The molecule has 0 saturated carbocycles. The number of furan rings is 1. The number of hydrogen-bond donors (Lipinski definition) is 8. The maximum Gasteiger partial charge on any atom is 0.243 e. The molecule has 1 fully saturated rings. The number of carbonyl (C=O) groups is 8. The molecule has 0 spiro atoms. The predicted molar refractivity (Wildman–Crippen MR) is 521 cm³/mol. The van der Waals surface area contributed by atoms with Gasteiger partial charge in [0.25, 0.3) is 0 Å². The lowest BCUT2D eigenvalue weighted by Crippen LogP contribution is -2.49. The molecule has 29 nitrogen and oxygen atoms in total. The van der Waals surface area contributed by atoms with Gasteiger partial charge in [0, 0.05) is 80.4 Å². The molecule has 2 aliphatic carbocycles. The molecular formula is C104H112N10O19S4. The van der Waals surface area contributed by atoms with E-state index < -0.39 is 64.3 Å². The number of hydrogen-bond acceptors (Lipinski definition) is 19. The standard InChI is InChI=1S/C30H33NO6S.C28H29N3O4S.C24H25N3O5S.C22H25N3O4S/c1-3-36-26-13-15-30(37-4-2)24(18-26)20-29(33)28(16-21-8-6-5-7-9-21)31-38(34,35)27-14-11-22-17-25(32)12-10-23(22)19-27;32-27-16-13-21-18-22(14-15-24(21)29-27)36(34,35)31-26(17-19-7-2-1-3-8-19)28(33)30-25-12-6-10-20-9-4-5-11-23(20)25;1-27(16-19-8-5-13-32-19)24(29)22(14-17-6-3-2-4-7-17)26-33(30,31)20-10-11-21-18(15-20)9-12-23(28)25-21;1-14-5-7-17(12-15(14)2)23-22(27)20-4-3-11-25(20)30(28,29)18-8-9-19-16(13-18)6-10-21(26)24-19/h5-9,11,13-15,18-19,28,31H,3-4,10,12,16-17,20H2,1-2H3;1-5,7-9,11,14-15,18,25-26,31H,6,10,12-13,16-17H2,(H,29,32)(H,30,33);2-8,10-11,13,15,22,26H,9,12,14,16H2,1H3,(H,25,28);5,7-9,12-13,20H,3-4,6,10-11H2,1-2H3,(H,23,27)(H,24,26). The van der Waals surface area contributed by atoms with Gasteiger partial charge < -0.3 is 45.4 Å². The van der Waals surface area contributed by atoms with Crippen molar-refractivity contribution in [1.82, 2.24) is 28.7 Å². The minimum Gasteiger partial charge on any atom is -0.494 e. The van der Waals surface area contributed by atoms with Crippen LogP contribution in [0.25, 0.3) is 0 Å². The lowest BCUT2D eigenvalue weighted by atomic mass is 9.87. The number of aryl methyl sites for hydroxylation is 7. The zero-order valence-corrected chi connectivity index (χ0v) is 80.1. The number of Topliss-reactive ketones (excluding diaryl/α,β-unsaturated/α-hetero) is 2. The monoisotopic (exact) mass is 1930 g/mol. The van der Waals surface area contributed by atoms with E-state index in [1.54, 1.807) is 85.9 Å². The summed E-state index contributed by atoms with van der Waals surface area (Å²) in [5.74, 6) is 0.369. The summed E-state index contributed by atoms with van der Waals surface area (Å²) in [7, 11) is -14.2. The molecule has 0 radical (unpaired) electrons. The maximum absolute atomic E-state index is 13.7. The molecule has 0 bridgehead atoms. The van der Waals surface area contributed by atoms with Crippen LogP contribution in [0.1, 0.15) is 149 Å². The number of nitrogens with zero attached hydrogens (tertiary/aromatic N) is 2. The lowest BCUT2D eigenvalue weighted by Gasteiger charge is -2.28. The zero-order chi connectivity index (χ0) is 97.1. The number of amides is 6. The molecule has 5 heterocycles. The second-order valence-electron chi connectivity index (χ2n) is 34.6. The Morgan fingerprint density at radius 1 is 0.474 bits per heavy atom. The Morgan fingerprint density at radius 3 is 1.55 bits per heavy atom. The number of ether oxygens (including phenoxy) is 2. The summed E-state index contributed by atoms with van der Waals surface area (Å²) in [5.41, 5.74) is 14.2. The number of benzene rings is 10. The lowest BCUT2D eigenvalue weighted by molar-refractivity contribution is -0.132. The molecule has 716 valence electrons. The molecule has 17 rings (SSSR count). The van der Waals surface area contributed by atoms with Crippen molar-refractivity contribution >= 4 is 110 Å². The fraction of sp³-hybridized carbons (Fsp3) is 0.308. The van der Waals surface area contributed by atoms with Crippen LogP contribution in [0.2, 0.25) is 0 Å². The van der Waals surface area contributed by atoms with Gasteiger partial charge in [0.05, 0.1) is 57.7 Å². The van der Waals surface area contributed by atoms with E-state index in [4.69, 9.17) is 13.9 Å². The Labute approximate surface area is 799 Å². The molecular weight excluding hydrogens is 1820 g/mol. The van der Waals surface area contributed by atoms with Crippen LogP contribution in [-0.4, -0.2) is 141 Å². The van der Waals surface area contributed by atoms with Crippen LogP contribution >= 0.6 is 0 Å². The van der Waals surface area contributed by atoms with E-state index in [2.05, 4.69) is 46.8 Å². The minimum atomic E-state index is -4.01. The quantitative estimate of drug-likeness (QED) is 0.0200. The molecule has 5 unspecified atom stereocenters. The highest BCUT2D eigenvalue weighted by atomic mass is 32.2. The molecule has 33 heteroatoms. The molecule has 8 N–H and O–H groups in total. The summed E-state index contributed by atoms with van der Waals surface area (Å²) in [6.45, 7) is 9.14. The second-order valence-corrected chi connectivity index (χ2v) is 41.6. The first-order valence-electron chi connectivity index (χ1n) is 45.8. The van der Waals surface area contributed by atoms with Gasteiger partial charge in [-0.25, -0.2) is 38.4 Å². The van der Waals surface area contributed by atoms with Gasteiger partial charge in [0.15, 0.2) is 5.78 Å². The fourth-order valence-corrected chi connectivity index (χ4v) is 22.9. The van der Waals surface area contributed by atoms with Crippen LogP contribution in [0.15, 0.2) is 267 Å². The molecule has 1 saturated heterocycles. The van der Waals surface area contributed by atoms with Crippen LogP contribution in [-0.2, 0) is 149 Å². The van der Waals surface area contributed by atoms with E-state index >= 15 is 0 Å². The van der Waals surface area contributed by atoms with Gasteiger partial charge in [0.1, 0.15) is 41.2 Å². The second kappa shape index (κ2) is 45.2. The number of anilines is 4. The topological polar surface area (TPSA) is 407 Å². The third-order valence-corrected chi connectivity index (χ3v) is 31.1. The van der Waals surface area contributed by atoms with Crippen molar-refractivity contribution in [2.75, 3.05) is 48.1 Å². The Kier molecular flexibility index (Phi) is 33.0. The maximum atomic E-state index is 13.7. The van der Waals surface area contributed by atoms with Gasteiger partial charge in [-0.3, -0.25) is 38.4 Å². The largest absolute Gasteiger partial charge is 0.494 e. The number of nitrogens with one attached hydrogen (secondary N) is 8. The normalized spacial score (nSPS) is 16.2. The Balaban J connectivity index is 0.000000146. The molecule has 10 aromatic carbocycles. The third-order valence-electron chi connectivity index (χ3n) is 24.8. The predicted octanol–water partition coefficient (Wildman–Crippen LogP) is 13.6. The van der Waals surface area contributed by atoms with E-state index in [1.807, 2.05) is 155 Å². The summed E-state index contributed by atoms with van der Waals surface area (Å²) in [4.78, 5) is 102. The van der Waals surface area contributed by atoms with Crippen LogP contribution in [0.3, 0.4) is 0 Å². The Morgan fingerprint density at radius 2 is 0.985 bits per heavy atom. The van der Waals surface area contributed by atoms with Crippen LogP contribution in [0, 0.1) is 13.8 Å². The number of rotatable bonds is 31. The van der Waals surface area contributed by atoms with Gasteiger partial charge >= 0.3 is 0 Å². The van der Waals surface area contributed by atoms with E-state index in [1.165, 1.54) is 45.3 Å². The van der Waals surface area contributed by atoms with Gasteiger partial charge in [0.2, 0.25) is 75.5 Å². The number of fused-ring (bicyclic) bond motifs is 5. The van der Waals surface area contributed by atoms with E-state index in [0.717, 1.165) is 80.5 Å². The summed E-state index contributed by atoms with van der Waals surface area (Å²) in [6.07, 6.45) is 9.60. The van der Waals surface area contributed by atoms with E-state index in [-0.39, 0.29) is 105 Å². The molecule has 5 atom stereocenters. The number of sulfonamides is 4. The molecule has 4 aliphatic heterocycles. The summed E-state index contributed by atoms with van der Waals surface area (Å²) < 4.78 is 133. The zero-order valence-electron chi connectivity index (χ0n) is 76.8. The highest BCUT2D eigenvalue weighted by molar-refractivity contribution is 7.90. The smallest absolute Gasteiger partial charge is 0.243 e. The molecule has 6 aliphatic rings. The first-order chi connectivity index (χ1) is 65.7. The van der Waals surface area contributed by atoms with Crippen molar-refractivity contribution in [2.45, 2.75) is 200 Å². The van der Waals surface area contributed by atoms with Gasteiger partial charge in [-0.1, -0.05) is 127 Å². The summed E-state index contributed by atoms with van der Waals surface area (Å²) in [6, 6.07) is 65.3. The van der Waals surface area contributed by atoms with E-state index in [9.17, 15) is 72.0 Å². The first kappa shape index (κ1) is 99.8. The number of ketones is 2. The summed E-state index contributed by atoms with van der Waals surface area (Å²) in [5, 5.41) is 14.2. The summed E-state index contributed by atoms with van der Waals surface area (Å²) >= 11 is 0. The van der Waals surface area contributed by atoms with Crippen LogP contribution < -0.4 is 50.2 Å². The van der Waals surface area contributed by atoms with Gasteiger partial charge in [-0.05, 0) is 281 Å². The highest BCUT2D eigenvalue weighted by Gasteiger charge is 2.41. The van der Waals surface area contributed by atoms with Crippen molar-refractivity contribution in [3.05, 3.63) is 321 Å². The van der Waals surface area contributed by atoms with Crippen molar-refractivity contribution in [3.8, 4) is 11.5 Å². The third kappa shape index (κ3) is 26.2.